The maximum Gasteiger partial charge on any atom is 0.228 e. The third-order valence-electron chi connectivity index (χ3n) is 3.96. The molecule has 0 bridgehead atoms. The number of imidazole rings is 1. The molecule has 6 nitrogen and oxygen atoms in total. The normalized spacial score (nSPS) is 14.0. The number of pyridine rings is 2. The predicted molar refractivity (Wildman–Crippen MR) is 86.3 cm³/mol. The van der Waals surface area contributed by atoms with E-state index in [1.54, 1.807) is 19.5 Å². The van der Waals surface area contributed by atoms with E-state index in [2.05, 4.69) is 15.3 Å². The van der Waals surface area contributed by atoms with Crippen LogP contribution in [-0.4, -0.2) is 27.4 Å². The Morgan fingerprint density at radius 2 is 2.17 bits per heavy atom. The van der Waals surface area contributed by atoms with Gasteiger partial charge < -0.3 is 14.5 Å². The second kappa shape index (κ2) is 5.39. The second-order valence-electron chi connectivity index (χ2n) is 5.65. The summed E-state index contributed by atoms with van der Waals surface area (Å²) in [4.78, 5) is 20.4. The van der Waals surface area contributed by atoms with Gasteiger partial charge in [-0.15, -0.1) is 0 Å². The third-order valence-corrected chi connectivity index (χ3v) is 3.96. The molecule has 1 N–H and O–H groups in total. The molecule has 6 heteroatoms. The Morgan fingerprint density at radius 1 is 1.30 bits per heavy atom. The Labute approximate surface area is 133 Å². The van der Waals surface area contributed by atoms with Crippen molar-refractivity contribution in [3.63, 3.8) is 0 Å². The Bertz CT molecular complexity index is 883. The minimum atomic E-state index is 0.0579. The smallest absolute Gasteiger partial charge is 0.228 e. The van der Waals surface area contributed by atoms with E-state index in [1.165, 1.54) is 0 Å². The van der Waals surface area contributed by atoms with Gasteiger partial charge in [-0.2, -0.15) is 0 Å². The van der Waals surface area contributed by atoms with Gasteiger partial charge in [0.05, 0.1) is 13.3 Å². The van der Waals surface area contributed by atoms with Crippen molar-refractivity contribution in [3.8, 4) is 16.9 Å². The quantitative estimate of drug-likeness (QED) is 0.804. The molecule has 0 radical (unpaired) electrons. The molecule has 1 aliphatic rings. The molecule has 23 heavy (non-hydrogen) atoms. The number of carbonyl (C=O) groups is 1. The summed E-state index contributed by atoms with van der Waals surface area (Å²) in [6.07, 6.45) is 9.20. The van der Waals surface area contributed by atoms with Crippen LogP contribution in [0.15, 0.2) is 43.0 Å². The van der Waals surface area contributed by atoms with Crippen molar-refractivity contribution in [1.82, 2.24) is 14.4 Å². The average molecular weight is 308 g/mol. The van der Waals surface area contributed by atoms with Gasteiger partial charge in [-0.1, -0.05) is 0 Å². The minimum Gasteiger partial charge on any atom is -0.496 e. The monoisotopic (exact) mass is 308 g/mol. The number of nitrogens with zero attached hydrogens (tertiary/aromatic N) is 3. The fraction of sp³-hybridized carbons (Fsp3) is 0.235. The number of nitrogens with one attached hydrogen (secondary N) is 1. The van der Waals surface area contributed by atoms with Crippen LogP contribution in [0.4, 0.5) is 5.82 Å². The summed E-state index contributed by atoms with van der Waals surface area (Å²) >= 11 is 0. The van der Waals surface area contributed by atoms with Crippen LogP contribution < -0.4 is 10.1 Å². The molecular weight excluding hydrogens is 292 g/mol. The molecule has 4 rings (SSSR count). The minimum absolute atomic E-state index is 0.0579. The summed E-state index contributed by atoms with van der Waals surface area (Å²) in [5.41, 5.74) is 2.66. The number of methoxy groups -OCH3 is 1. The molecule has 0 aromatic carbocycles. The van der Waals surface area contributed by atoms with Crippen LogP contribution in [0, 0.1) is 5.92 Å². The van der Waals surface area contributed by atoms with E-state index < -0.39 is 0 Å². The van der Waals surface area contributed by atoms with E-state index in [-0.39, 0.29) is 11.8 Å². The lowest BCUT2D eigenvalue weighted by Gasteiger charge is -2.07. The van der Waals surface area contributed by atoms with Crippen molar-refractivity contribution in [3.05, 3.63) is 43.0 Å². The van der Waals surface area contributed by atoms with Gasteiger partial charge in [-0.05, 0) is 31.0 Å². The molecule has 1 saturated carbocycles. The number of rotatable bonds is 4. The Balaban J connectivity index is 1.68. The van der Waals surface area contributed by atoms with Gasteiger partial charge in [-0.3, -0.25) is 9.78 Å². The first-order chi connectivity index (χ1) is 11.2. The van der Waals surface area contributed by atoms with E-state index >= 15 is 0 Å². The van der Waals surface area contributed by atoms with E-state index in [0.29, 0.717) is 5.82 Å². The van der Waals surface area contributed by atoms with Gasteiger partial charge in [0.25, 0.3) is 0 Å². The van der Waals surface area contributed by atoms with E-state index in [4.69, 9.17) is 4.74 Å². The second-order valence-corrected chi connectivity index (χ2v) is 5.65. The summed E-state index contributed by atoms with van der Waals surface area (Å²) in [6.45, 7) is 0. The van der Waals surface area contributed by atoms with Gasteiger partial charge in [0.15, 0.2) is 5.82 Å². The standard InChI is InChI=1S/C17H16N4O2/c1-23-14-6-7-18-8-13(14)12-4-5-16-19-15(10-21(16)9-12)20-17(22)11-2-3-11/h4-11H,2-3H2,1H3,(H,20,22). The zero-order chi connectivity index (χ0) is 15.8. The van der Waals surface area contributed by atoms with Crippen LogP contribution in [0.3, 0.4) is 0 Å². The summed E-state index contributed by atoms with van der Waals surface area (Å²) < 4.78 is 7.27. The molecule has 0 saturated heterocycles. The lowest BCUT2D eigenvalue weighted by Crippen LogP contribution is -2.13. The molecule has 3 aromatic rings. The van der Waals surface area contributed by atoms with Crippen LogP contribution in [0.5, 0.6) is 5.75 Å². The molecule has 116 valence electrons. The van der Waals surface area contributed by atoms with Crippen molar-refractivity contribution in [2.24, 2.45) is 5.92 Å². The van der Waals surface area contributed by atoms with Crippen molar-refractivity contribution >= 4 is 17.4 Å². The largest absolute Gasteiger partial charge is 0.496 e. The first-order valence-electron chi connectivity index (χ1n) is 7.52. The van der Waals surface area contributed by atoms with Crippen LogP contribution in [0.2, 0.25) is 0 Å². The lowest BCUT2D eigenvalue weighted by atomic mass is 10.1. The topological polar surface area (TPSA) is 68.5 Å². The van der Waals surface area contributed by atoms with Crippen molar-refractivity contribution in [2.75, 3.05) is 12.4 Å². The van der Waals surface area contributed by atoms with Gasteiger partial charge in [0.1, 0.15) is 11.4 Å². The summed E-state index contributed by atoms with van der Waals surface area (Å²) in [5.74, 6) is 1.57. The van der Waals surface area contributed by atoms with Crippen molar-refractivity contribution in [2.45, 2.75) is 12.8 Å². The molecule has 3 aromatic heterocycles. The van der Waals surface area contributed by atoms with Crippen LogP contribution >= 0.6 is 0 Å². The number of hydrogen-bond donors (Lipinski definition) is 1. The predicted octanol–water partition coefficient (Wildman–Crippen LogP) is 2.75. The van der Waals surface area contributed by atoms with Gasteiger partial charge in [0.2, 0.25) is 5.91 Å². The van der Waals surface area contributed by atoms with Gasteiger partial charge in [0, 0.05) is 35.6 Å². The van der Waals surface area contributed by atoms with Gasteiger partial charge >= 0.3 is 0 Å². The molecule has 0 spiro atoms. The summed E-state index contributed by atoms with van der Waals surface area (Å²) in [6, 6.07) is 5.71. The van der Waals surface area contributed by atoms with Crippen LogP contribution in [-0.2, 0) is 4.79 Å². The molecule has 1 amide bonds. The SMILES string of the molecule is COc1ccncc1-c1ccc2nc(NC(=O)C3CC3)cn2c1. The molecule has 1 aliphatic carbocycles. The van der Waals surface area contributed by atoms with Crippen LogP contribution in [0.1, 0.15) is 12.8 Å². The maximum absolute atomic E-state index is 11.8. The van der Waals surface area contributed by atoms with E-state index in [0.717, 1.165) is 35.4 Å². The molecule has 3 heterocycles. The van der Waals surface area contributed by atoms with Crippen molar-refractivity contribution in [1.29, 1.82) is 0 Å². The van der Waals surface area contributed by atoms with Gasteiger partial charge in [-0.25, -0.2) is 4.98 Å². The highest BCUT2D eigenvalue weighted by Gasteiger charge is 2.29. The Hall–Kier alpha value is -2.89. The zero-order valence-electron chi connectivity index (χ0n) is 12.7. The number of anilines is 1. The molecule has 0 aliphatic heterocycles. The number of amides is 1. The molecule has 1 fully saturated rings. The van der Waals surface area contributed by atoms with Crippen molar-refractivity contribution < 1.29 is 9.53 Å². The summed E-state index contributed by atoms with van der Waals surface area (Å²) in [5, 5.41) is 2.87. The molecule has 0 atom stereocenters. The highest BCUT2D eigenvalue weighted by molar-refractivity contribution is 5.93. The third kappa shape index (κ3) is 2.63. The fourth-order valence-electron chi connectivity index (χ4n) is 2.56. The maximum atomic E-state index is 11.8. The van der Waals surface area contributed by atoms with E-state index in [9.17, 15) is 4.79 Å². The fourth-order valence-corrected chi connectivity index (χ4v) is 2.56. The first kappa shape index (κ1) is 13.8. The highest BCUT2D eigenvalue weighted by atomic mass is 16.5. The molecule has 0 unspecified atom stereocenters. The highest BCUT2D eigenvalue weighted by Crippen LogP contribution is 2.31. The average Bonchev–Trinajstić information content (AvgIpc) is 3.35. The Morgan fingerprint density at radius 3 is 2.96 bits per heavy atom. The number of carbonyl (C=O) groups excluding carboxylic acids is 1. The van der Waals surface area contributed by atoms with Crippen LogP contribution in [0.25, 0.3) is 16.8 Å². The number of fused-ring (bicyclic) bond motifs is 1. The first-order valence-corrected chi connectivity index (χ1v) is 7.52. The zero-order valence-corrected chi connectivity index (χ0v) is 12.7. The molecular formula is C17H16N4O2. The van der Waals surface area contributed by atoms with E-state index in [1.807, 2.05) is 35.0 Å². The number of ether oxygens (including phenoxy) is 1. The lowest BCUT2D eigenvalue weighted by molar-refractivity contribution is -0.117. The summed E-state index contributed by atoms with van der Waals surface area (Å²) in [7, 11) is 1.64. The number of hydrogen-bond acceptors (Lipinski definition) is 4. The Kier molecular flexibility index (Phi) is 3.22. The number of aromatic nitrogens is 3.